The van der Waals surface area contributed by atoms with E-state index in [1.54, 1.807) is 0 Å². The molecular weight excluding hydrogens is 298 g/mol. The maximum Gasteiger partial charge on any atom is 0.309 e. The molecule has 0 aliphatic heterocycles. The van der Waals surface area contributed by atoms with E-state index in [2.05, 4.69) is 32.6 Å². The summed E-state index contributed by atoms with van der Waals surface area (Å²) in [6.07, 6.45) is 7.27. The molecular formula is C18H36ClNO2. The monoisotopic (exact) mass is 333 g/mol. The molecule has 1 rings (SSSR count). The Morgan fingerprint density at radius 1 is 1.18 bits per heavy atom. The highest BCUT2D eigenvalue weighted by atomic mass is 35.5. The molecule has 1 saturated carbocycles. The molecule has 0 aromatic heterocycles. The Bertz CT molecular complexity index is 289. The molecule has 4 heteroatoms. The van der Waals surface area contributed by atoms with Crippen LogP contribution in [-0.2, 0) is 9.53 Å². The number of halogens is 1. The van der Waals surface area contributed by atoms with E-state index in [1.807, 2.05) is 0 Å². The number of hydrogen-bond acceptors (Lipinski definition) is 3. The van der Waals surface area contributed by atoms with Gasteiger partial charge in [0.15, 0.2) is 0 Å². The van der Waals surface area contributed by atoms with Gasteiger partial charge in [-0.25, -0.2) is 0 Å². The summed E-state index contributed by atoms with van der Waals surface area (Å²) in [6.45, 7) is 12.2. The van der Waals surface area contributed by atoms with Gasteiger partial charge in [-0.3, -0.25) is 4.79 Å². The predicted molar refractivity (Wildman–Crippen MR) is 95.5 cm³/mol. The summed E-state index contributed by atoms with van der Waals surface area (Å²) < 4.78 is 5.64. The smallest absolute Gasteiger partial charge is 0.309 e. The van der Waals surface area contributed by atoms with Crippen molar-refractivity contribution in [2.45, 2.75) is 66.2 Å². The Hall–Kier alpha value is -0.280. The van der Waals surface area contributed by atoms with E-state index in [4.69, 9.17) is 4.74 Å². The summed E-state index contributed by atoms with van der Waals surface area (Å²) in [5, 5.41) is 0. The highest BCUT2D eigenvalue weighted by Crippen LogP contribution is 2.37. The van der Waals surface area contributed by atoms with Gasteiger partial charge < -0.3 is 9.64 Å². The number of carbonyl (C=O) groups is 1. The van der Waals surface area contributed by atoms with Crippen LogP contribution < -0.4 is 0 Å². The minimum Gasteiger partial charge on any atom is -0.464 e. The van der Waals surface area contributed by atoms with E-state index in [1.165, 1.54) is 25.7 Å². The molecule has 0 saturated heterocycles. The van der Waals surface area contributed by atoms with Crippen molar-refractivity contribution in [3.63, 3.8) is 0 Å². The lowest BCUT2D eigenvalue weighted by Gasteiger charge is -2.28. The normalized spacial score (nSPS) is 18.0. The van der Waals surface area contributed by atoms with Crippen LogP contribution in [0.1, 0.15) is 66.2 Å². The summed E-state index contributed by atoms with van der Waals surface area (Å²) in [7, 11) is 0. The highest BCUT2D eigenvalue weighted by molar-refractivity contribution is 5.85. The minimum absolute atomic E-state index is 0. The molecule has 132 valence electrons. The Labute approximate surface area is 143 Å². The summed E-state index contributed by atoms with van der Waals surface area (Å²) >= 11 is 0. The van der Waals surface area contributed by atoms with E-state index in [-0.39, 0.29) is 24.3 Å². The van der Waals surface area contributed by atoms with E-state index >= 15 is 0 Å². The van der Waals surface area contributed by atoms with Crippen LogP contribution in [0.5, 0.6) is 0 Å². The first kappa shape index (κ1) is 21.7. The van der Waals surface area contributed by atoms with Gasteiger partial charge in [0.2, 0.25) is 0 Å². The van der Waals surface area contributed by atoms with Gasteiger partial charge in [-0.05, 0) is 37.8 Å². The molecule has 0 amide bonds. The number of hydrogen-bond donors (Lipinski definition) is 0. The molecule has 0 N–H and O–H groups in total. The van der Waals surface area contributed by atoms with E-state index in [0.717, 1.165) is 32.5 Å². The van der Waals surface area contributed by atoms with Crippen LogP contribution in [0.25, 0.3) is 0 Å². The number of nitrogens with zero attached hydrogens (tertiary/aromatic N) is 1. The molecule has 0 heterocycles. The van der Waals surface area contributed by atoms with Crippen LogP contribution in [0.2, 0.25) is 0 Å². The van der Waals surface area contributed by atoms with Gasteiger partial charge >= 0.3 is 5.97 Å². The van der Waals surface area contributed by atoms with Crippen LogP contribution >= 0.6 is 12.4 Å². The van der Waals surface area contributed by atoms with Crippen LogP contribution in [0.3, 0.4) is 0 Å². The van der Waals surface area contributed by atoms with Crippen molar-refractivity contribution in [2.24, 2.45) is 17.8 Å². The second kappa shape index (κ2) is 12.2. The van der Waals surface area contributed by atoms with Gasteiger partial charge in [-0.1, -0.05) is 53.4 Å². The van der Waals surface area contributed by atoms with Gasteiger partial charge in [0, 0.05) is 6.54 Å². The summed E-state index contributed by atoms with van der Waals surface area (Å²) in [5.74, 6) is 1.21. The van der Waals surface area contributed by atoms with Crippen molar-refractivity contribution in [3.05, 3.63) is 0 Å². The number of likely N-dealkylation sites (N-methyl/N-ethyl adjacent to an activating group) is 1. The molecule has 2 unspecified atom stereocenters. The van der Waals surface area contributed by atoms with Gasteiger partial charge in [0.25, 0.3) is 0 Å². The molecule has 1 fully saturated rings. The topological polar surface area (TPSA) is 29.5 Å². The fraction of sp³-hybridized carbons (Fsp3) is 0.944. The number of rotatable bonds is 10. The van der Waals surface area contributed by atoms with E-state index < -0.39 is 0 Å². The highest BCUT2D eigenvalue weighted by Gasteiger charge is 2.35. The maximum absolute atomic E-state index is 12.6. The molecule has 1 aliphatic rings. The van der Waals surface area contributed by atoms with Crippen molar-refractivity contribution in [3.8, 4) is 0 Å². The SMILES string of the molecule is CCCC(C)C(C(=O)OCCN(CC)CC)C1CCCC1.Cl. The molecule has 0 aromatic carbocycles. The lowest BCUT2D eigenvalue weighted by atomic mass is 9.79. The molecule has 22 heavy (non-hydrogen) atoms. The van der Waals surface area contributed by atoms with Crippen molar-refractivity contribution >= 4 is 18.4 Å². The van der Waals surface area contributed by atoms with Crippen LogP contribution in [0, 0.1) is 17.8 Å². The quantitative estimate of drug-likeness (QED) is 0.550. The predicted octanol–water partition coefficient (Wildman–Crippen LogP) is 4.54. The van der Waals surface area contributed by atoms with Crippen molar-refractivity contribution < 1.29 is 9.53 Å². The molecule has 1 aliphatic carbocycles. The third-order valence-corrected chi connectivity index (χ3v) is 5.08. The molecule has 0 bridgehead atoms. The second-order valence-electron chi connectivity index (χ2n) is 6.53. The first-order chi connectivity index (χ1) is 10.1. The summed E-state index contributed by atoms with van der Waals surface area (Å²) in [5.41, 5.74) is 0. The first-order valence-corrected chi connectivity index (χ1v) is 9.02. The average Bonchev–Trinajstić information content (AvgIpc) is 2.98. The summed E-state index contributed by atoms with van der Waals surface area (Å²) in [4.78, 5) is 14.9. The minimum atomic E-state index is 0. The fourth-order valence-electron chi connectivity index (χ4n) is 3.75. The zero-order valence-corrected chi connectivity index (χ0v) is 15.8. The number of ether oxygens (including phenoxy) is 1. The molecule has 2 atom stereocenters. The molecule has 3 nitrogen and oxygen atoms in total. The van der Waals surface area contributed by atoms with Crippen molar-refractivity contribution in [1.82, 2.24) is 4.90 Å². The third kappa shape index (κ3) is 6.87. The second-order valence-corrected chi connectivity index (χ2v) is 6.53. The fourth-order valence-corrected chi connectivity index (χ4v) is 3.75. The Morgan fingerprint density at radius 2 is 1.77 bits per heavy atom. The van der Waals surface area contributed by atoms with Crippen molar-refractivity contribution in [1.29, 1.82) is 0 Å². The van der Waals surface area contributed by atoms with Gasteiger partial charge in [0.1, 0.15) is 6.61 Å². The molecule has 0 radical (unpaired) electrons. The lowest BCUT2D eigenvalue weighted by Crippen LogP contribution is -2.33. The van der Waals surface area contributed by atoms with E-state index in [0.29, 0.717) is 18.4 Å². The number of esters is 1. The average molecular weight is 334 g/mol. The van der Waals surface area contributed by atoms with Crippen molar-refractivity contribution in [2.75, 3.05) is 26.2 Å². The van der Waals surface area contributed by atoms with E-state index in [9.17, 15) is 4.79 Å². The van der Waals surface area contributed by atoms with Crippen LogP contribution in [-0.4, -0.2) is 37.1 Å². The largest absolute Gasteiger partial charge is 0.464 e. The maximum atomic E-state index is 12.6. The Balaban J connectivity index is 0.00000441. The van der Waals surface area contributed by atoms with Crippen LogP contribution in [0.4, 0.5) is 0 Å². The standard InChI is InChI=1S/C18H35NO2.ClH/c1-5-10-15(4)17(16-11-8-9-12-16)18(20)21-14-13-19(6-2)7-3;/h15-17H,5-14H2,1-4H3;1H. The third-order valence-electron chi connectivity index (χ3n) is 5.08. The summed E-state index contributed by atoms with van der Waals surface area (Å²) in [6, 6.07) is 0. The van der Waals surface area contributed by atoms with Gasteiger partial charge in [-0.15, -0.1) is 12.4 Å². The van der Waals surface area contributed by atoms with Gasteiger partial charge in [-0.2, -0.15) is 0 Å². The zero-order chi connectivity index (χ0) is 15.7. The van der Waals surface area contributed by atoms with Crippen LogP contribution in [0.15, 0.2) is 0 Å². The van der Waals surface area contributed by atoms with Gasteiger partial charge in [0.05, 0.1) is 5.92 Å². The zero-order valence-electron chi connectivity index (χ0n) is 15.0. The Kier molecular flexibility index (Phi) is 12.0. The number of carbonyl (C=O) groups excluding carboxylic acids is 1. The Morgan fingerprint density at radius 3 is 2.27 bits per heavy atom. The first-order valence-electron chi connectivity index (χ1n) is 9.02. The molecule has 0 aromatic rings. The molecule has 0 spiro atoms. The lowest BCUT2D eigenvalue weighted by molar-refractivity contribution is -0.153.